The van der Waals surface area contributed by atoms with E-state index in [1.54, 1.807) is 0 Å². The number of hydrogen-bond donors (Lipinski definition) is 2. The van der Waals surface area contributed by atoms with Crippen LogP contribution in [0.25, 0.3) is 11.1 Å². The minimum absolute atomic E-state index is 0.111. The Morgan fingerprint density at radius 2 is 1.62 bits per heavy atom. The molecule has 2 aliphatic heterocycles. The van der Waals surface area contributed by atoms with Crippen LogP contribution in [0, 0.1) is 0 Å². The largest absolute Gasteiger partial charge is 0.416 e. The summed E-state index contributed by atoms with van der Waals surface area (Å²) in [5.74, 6) is 0.784. The first-order chi connectivity index (χ1) is 27.0. The van der Waals surface area contributed by atoms with E-state index in [0.29, 0.717) is 62.5 Å². The quantitative estimate of drug-likeness (QED) is 0.204. The molecule has 4 heterocycles. The highest BCUT2D eigenvalue weighted by atomic mass is 19.4. The molecule has 0 bridgehead atoms. The minimum atomic E-state index is -4.62. The highest BCUT2D eigenvalue weighted by Gasteiger charge is 2.49. The van der Waals surface area contributed by atoms with Crippen molar-refractivity contribution in [2.45, 2.75) is 56.3 Å². The molecular formula is C43H41F3N6O4. The van der Waals surface area contributed by atoms with Crippen molar-refractivity contribution in [2.24, 2.45) is 0 Å². The molecule has 1 saturated heterocycles. The Morgan fingerprint density at radius 1 is 0.857 bits per heavy atom. The predicted molar refractivity (Wildman–Crippen MR) is 204 cm³/mol. The Hall–Kier alpha value is -5.82. The van der Waals surface area contributed by atoms with Gasteiger partial charge in [0.05, 0.1) is 35.2 Å². The molecule has 2 aromatic heterocycles. The number of hydrogen-bond acceptors (Lipinski definition) is 7. The Kier molecular flexibility index (Phi) is 9.96. The van der Waals surface area contributed by atoms with Gasteiger partial charge in [0.15, 0.2) is 6.10 Å². The molecule has 0 spiro atoms. The molecule has 13 heteroatoms. The van der Waals surface area contributed by atoms with Crippen molar-refractivity contribution >= 4 is 17.6 Å². The average molecular weight is 763 g/mol. The highest BCUT2D eigenvalue weighted by Crippen LogP contribution is 2.52. The van der Waals surface area contributed by atoms with Crippen molar-refractivity contribution in [2.75, 3.05) is 37.6 Å². The minimum Gasteiger partial charge on any atom is -0.378 e. The van der Waals surface area contributed by atoms with Gasteiger partial charge in [0.25, 0.3) is 11.5 Å². The van der Waals surface area contributed by atoms with Crippen LogP contribution in [-0.4, -0.2) is 74.4 Å². The van der Waals surface area contributed by atoms with E-state index in [1.165, 1.54) is 11.0 Å². The van der Waals surface area contributed by atoms with Crippen LogP contribution in [0.3, 0.4) is 0 Å². The Labute approximate surface area is 321 Å². The molecule has 56 heavy (non-hydrogen) atoms. The zero-order chi connectivity index (χ0) is 39.0. The van der Waals surface area contributed by atoms with E-state index in [4.69, 9.17) is 9.97 Å². The summed E-state index contributed by atoms with van der Waals surface area (Å²) in [6, 6.07) is 26.1. The Bertz CT molecular complexity index is 2300. The monoisotopic (exact) mass is 762 g/mol. The second kappa shape index (κ2) is 15.0. The van der Waals surface area contributed by atoms with Crippen molar-refractivity contribution in [3.05, 3.63) is 147 Å². The standard InChI is InChI=1S/C43H41F3N6O4/c44-43(45,46)33-12-5-10-30(25-33)38(54)40(56)52-18-6-13-35-34(27-52)39(55)49-41(48-35)42(16-17-42)32-11-4-9-29(24-32)31-14-15-36(47-26-31)50-19-21-51(22-20-50)37(53)23-28-7-2-1-3-8-28/h1-5,7-12,14-15,24-26,38,54H,6,13,16-23,27H2,(H,48,49,55)/t38-/m1/s1. The lowest BCUT2D eigenvalue weighted by Gasteiger charge is -2.35. The van der Waals surface area contributed by atoms with Gasteiger partial charge >= 0.3 is 6.18 Å². The van der Waals surface area contributed by atoms with Crippen molar-refractivity contribution in [1.82, 2.24) is 24.8 Å². The lowest BCUT2D eigenvalue weighted by molar-refractivity contribution is -0.142. The number of H-pyrrole nitrogens is 1. The number of carbonyl (C=O) groups is 2. The Morgan fingerprint density at radius 3 is 2.34 bits per heavy atom. The third-order valence-corrected chi connectivity index (χ3v) is 11.2. The van der Waals surface area contributed by atoms with Crippen LogP contribution in [0.15, 0.2) is 102 Å². The van der Waals surface area contributed by atoms with Crippen LogP contribution in [0.2, 0.25) is 0 Å². The number of fused-ring (bicyclic) bond motifs is 1. The van der Waals surface area contributed by atoms with E-state index in [-0.39, 0.29) is 30.1 Å². The number of amides is 2. The van der Waals surface area contributed by atoms with E-state index in [0.717, 1.165) is 59.1 Å². The maximum absolute atomic E-state index is 13.6. The number of benzene rings is 3. The summed E-state index contributed by atoms with van der Waals surface area (Å²) in [5.41, 5.74) is 2.89. The number of alkyl halides is 3. The number of anilines is 1. The van der Waals surface area contributed by atoms with Gasteiger partial charge in [-0.15, -0.1) is 0 Å². The van der Waals surface area contributed by atoms with Crippen LogP contribution in [0.5, 0.6) is 0 Å². The summed E-state index contributed by atoms with van der Waals surface area (Å²) in [6.07, 6.45) is -1.67. The van der Waals surface area contributed by atoms with Gasteiger partial charge in [-0.2, -0.15) is 13.2 Å². The Balaban J connectivity index is 0.942. The maximum atomic E-state index is 13.6. The number of nitrogens with one attached hydrogen (secondary N) is 1. The molecule has 0 unspecified atom stereocenters. The number of aliphatic hydroxyl groups is 1. The van der Waals surface area contributed by atoms with Crippen molar-refractivity contribution in [3.8, 4) is 11.1 Å². The summed E-state index contributed by atoms with van der Waals surface area (Å²) in [6.45, 7) is 2.78. The summed E-state index contributed by atoms with van der Waals surface area (Å²) in [4.78, 5) is 58.0. The normalized spacial score (nSPS) is 17.2. The van der Waals surface area contributed by atoms with Gasteiger partial charge in [0, 0.05) is 44.5 Å². The average Bonchev–Trinajstić information content (AvgIpc) is 4.06. The fraction of sp³-hybridized carbons (Fsp3) is 0.326. The maximum Gasteiger partial charge on any atom is 0.416 e. The molecule has 2 N–H and O–H groups in total. The van der Waals surface area contributed by atoms with Crippen LogP contribution in [-0.2, 0) is 40.6 Å². The summed E-state index contributed by atoms with van der Waals surface area (Å²) in [5, 5.41) is 10.8. The molecule has 288 valence electrons. The number of aryl methyl sites for hydroxylation is 1. The number of halogens is 3. The molecule has 2 amide bonds. The first-order valence-corrected chi connectivity index (χ1v) is 18.9. The van der Waals surface area contributed by atoms with E-state index < -0.39 is 29.2 Å². The molecule has 1 atom stereocenters. The third-order valence-electron chi connectivity index (χ3n) is 11.2. The van der Waals surface area contributed by atoms with E-state index in [9.17, 15) is 32.7 Å². The third kappa shape index (κ3) is 7.55. The number of aliphatic hydroxyl groups excluding tert-OH is 1. The summed E-state index contributed by atoms with van der Waals surface area (Å²) < 4.78 is 39.9. The second-order valence-corrected chi connectivity index (χ2v) is 14.8. The molecule has 2 fully saturated rings. The summed E-state index contributed by atoms with van der Waals surface area (Å²) >= 11 is 0. The number of carbonyl (C=O) groups excluding carboxylic acids is 2. The first-order valence-electron chi connectivity index (χ1n) is 18.9. The van der Waals surface area contributed by atoms with Crippen LogP contribution >= 0.6 is 0 Å². The van der Waals surface area contributed by atoms with Crippen LogP contribution < -0.4 is 10.5 Å². The van der Waals surface area contributed by atoms with Crippen molar-refractivity contribution < 1.29 is 27.9 Å². The predicted octanol–water partition coefficient (Wildman–Crippen LogP) is 5.83. The van der Waals surface area contributed by atoms with Gasteiger partial charge in [-0.3, -0.25) is 14.4 Å². The molecule has 1 aliphatic carbocycles. The lowest BCUT2D eigenvalue weighted by atomic mass is 9.91. The van der Waals surface area contributed by atoms with Crippen LogP contribution in [0.1, 0.15) is 64.7 Å². The van der Waals surface area contributed by atoms with Gasteiger partial charge < -0.3 is 24.8 Å². The second-order valence-electron chi connectivity index (χ2n) is 14.8. The molecule has 5 aromatic rings. The number of pyridine rings is 1. The number of piperazine rings is 1. The molecule has 3 aliphatic rings. The van der Waals surface area contributed by atoms with Crippen molar-refractivity contribution in [1.29, 1.82) is 0 Å². The molecule has 0 radical (unpaired) electrons. The van der Waals surface area contributed by atoms with Gasteiger partial charge in [0.1, 0.15) is 11.6 Å². The number of aromatic amines is 1. The van der Waals surface area contributed by atoms with Crippen LogP contribution in [0.4, 0.5) is 19.0 Å². The summed E-state index contributed by atoms with van der Waals surface area (Å²) in [7, 11) is 0. The SMILES string of the molecule is O=C(Cc1ccccc1)N1CCN(c2ccc(-c3cccc(C4(c5nc6c(c(=O)[nH]5)CN(C(=O)[C@H](O)c5cccc(C(F)(F)F)c5)CCC6)CC4)c3)cn2)CC1. The molecular weight excluding hydrogens is 722 g/mol. The smallest absolute Gasteiger partial charge is 0.378 e. The van der Waals surface area contributed by atoms with Gasteiger partial charge in [-0.1, -0.05) is 66.7 Å². The zero-order valence-corrected chi connectivity index (χ0v) is 30.6. The van der Waals surface area contributed by atoms with Gasteiger partial charge in [-0.25, -0.2) is 9.97 Å². The molecule has 1 saturated carbocycles. The topological polar surface area (TPSA) is 123 Å². The first kappa shape index (κ1) is 37.1. The number of rotatable bonds is 8. The van der Waals surface area contributed by atoms with Gasteiger partial charge in [-0.05, 0) is 72.2 Å². The fourth-order valence-electron chi connectivity index (χ4n) is 7.83. The number of nitrogens with zero attached hydrogens (tertiary/aromatic N) is 5. The lowest BCUT2D eigenvalue weighted by Crippen LogP contribution is -2.49. The number of aromatic nitrogens is 3. The fourth-order valence-corrected chi connectivity index (χ4v) is 7.83. The highest BCUT2D eigenvalue weighted by molar-refractivity contribution is 5.82. The molecule has 3 aromatic carbocycles. The zero-order valence-electron chi connectivity index (χ0n) is 30.6. The molecule has 8 rings (SSSR count). The van der Waals surface area contributed by atoms with E-state index in [2.05, 4.69) is 16.0 Å². The van der Waals surface area contributed by atoms with E-state index in [1.807, 2.05) is 71.8 Å². The van der Waals surface area contributed by atoms with Crippen molar-refractivity contribution in [3.63, 3.8) is 0 Å². The molecule has 10 nitrogen and oxygen atoms in total. The van der Waals surface area contributed by atoms with Gasteiger partial charge in [0.2, 0.25) is 5.91 Å². The van der Waals surface area contributed by atoms with E-state index >= 15 is 0 Å².